The number of benzene rings is 1. The van der Waals surface area contributed by atoms with Gasteiger partial charge in [-0.15, -0.1) is 0 Å². The summed E-state index contributed by atoms with van der Waals surface area (Å²) in [6, 6.07) is 8.51. The Hall–Kier alpha value is -2.47. The molecule has 3 aliphatic heterocycles. The zero-order valence-corrected chi connectivity index (χ0v) is 20.4. The molecule has 0 saturated carbocycles. The highest BCUT2D eigenvalue weighted by molar-refractivity contribution is 5.88. The number of piperidine rings is 3. The molecule has 6 heteroatoms. The second-order valence-electron chi connectivity index (χ2n) is 11.1. The van der Waals surface area contributed by atoms with Crippen LogP contribution in [0.5, 0.6) is 0 Å². The van der Waals surface area contributed by atoms with Crippen molar-refractivity contribution in [1.29, 1.82) is 0 Å². The van der Waals surface area contributed by atoms with Crippen LogP contribution in [-0.2, 0) is 11.2 Å². The van der Waals surface area contributed by atoms with Gasteiger partial charge in [-0.1, -0.05) is 36.3 Å². The van der Waals surface area contributed by atoms with E-state index in [4.69, 9.17) is 0 Å². The van der Waals surface area contributed by atoms with E-state index in [2.05, 4.69) is 21.0 Å². The third-order valence-electron chi connectivity index (χ3n) is 8.69. The van der Waals surface area contributed by atoms with Gasteiger partial charge in [-0.2, -0.15) is 5.10 Å². The van der Waals surface area contributed by atoms with Crippen molar-refractivity contribution in [2.24, 2.45) is 11.8 Å². The first kappa shape index (κ1) is 22.0. The van der Waals surface area contributed by atoms with E-state index in [1.165, 1.54) is 42.5 Å². The summed E-state index contributed by atoms with van der Waals surface area (Å²) in [5, 5.41) is 6.15. The van der Waals surface area contributed by atoms with E-state index in [-0.39, 0.29) is 30.0 Å². The molecule has 0 radical (unpaired) electrons. The van der Waals surface area contributed by atoms with E-state index >= 15 is 0 Å². The molecule has 1 amide bonds. The van der Waals surface area contributed by atoms with Crippen molar-refractivity contribution in [3.8, 4) is 0 Å². The smallest absolute Gasteiger partial charge is 0.274 e. The molecule has 6 rings (SSSR count). The highest BCUT2D eigenvalue weighted by atomic mass is 16.2. The summed E-state index contributed by atoms with van der Waals surface area (Å²) < 4.78 is 1.54. The minimum absolute atomic E-state index is 0.0505. The number of rotatable bonds is 3. The van der Waals surface area contributed by atoms with Gasteiger partial charge in [-0.05, 0) is 70.4 Å². The van der Waals surface area contributed by atoms with Gasteiger partial charge in [0, 0.05) is 24.5 Å². The molecule has 0 N–H and O–H groups in total. The fourth-order valence-electron chi connectivity index (χ4n) is 7.25. The number of carbonyl (C=O) groups excluding carboxylic acids is 1. The zero-order valence-electron chi connectivity index (χ0n) is 20.4. The van der Waals surface area contributed by atoms with Crippen LogP contribution in [0.3, 0.4) is 0 Å². The Morgan fingerprint density at radius 1 is 1.12 bits per heavy atom. The van der Waals surface area contributed by atoms with E-state index in [0.29, 0.717) is 17.2 Å². The molecule has 2 bridgehead atoms. The van der Waals surface area contributed by atoms with Gasteiger partial charge in [0.1, 0.15) is 0 Å². The van der Waals surface area contributed by atoms with Gasteiger partial charge in [-0.3, -0.25) is 14.5 Å². The van der Waals surface area contributed by atoms with Crippen molar-refractivity contribution < 1.29 is 4.79 Å². The van der Waals surface area contributed by atoms with E-state index in [1.54, 1.807) is 0 Å². The number of hydrogen-bond acceptors (Lipinski definition) is 4. The Morgan fingerprint density at radius 2 is 1.94 bits per heavy atom. The van der Waals surface area contributed by atoms with Crippen LogP contribution in [0, 0.1) is 11.8 Å². The van der Waals surface area contributed by atoms with Crippen molar-refractivity contribution in [2.75, 3.05) is 19.6 Å². The summed E-state index contributed by atoms with van der Waals surface area (Å²) >= 11 is 0. The van der Waals surface area contributed by atoms with E-state index < -0.39 is 0 Å². The number of aromatic nitrogens is 2. The Morgan fingerprint density at radius 3 is 2.76 bits per heavy atom. The lowest BCUT2D eigenvalue weighted by atomic mass is 9.68. The van der Waals surface area contributed by atoms with Gasteiger partial charge in [0.25, 0.3) is 5.56 Å². The number of fused-ring (bicyclic) bond motifs is 7. The molecule has 4 atom stereocenters. The number of nitrogens with zero attached hydrogens (tertiary/aromatic N) is 4. The fourth-order valence-corrected chi connectivity index (χ4v) is 7.25. The summed E-state index contributed by atoms with van der Waals surface area (Å²) in [5.74, 6) is 1.36. The van der Waals surface area contributed by atoms with Gasteiger partial charge in [0.15, 0.2) is 0 Å². The molecule has 4 aliphatic rings. The molecule has 34 heavy (non-hydrogen) atoms. The van der Waals surface area contributed by atoms with Gasteiger partial charge in [0.2, 0.25) is 5.91 Å². The van der Waals surface area contributed by atoms with Crippen molar-refractivity contribution >= 4 is 16.7 Å². The van der Waals surface area contributed by atoms with Gasteiger partial charge in [0.05, 0.1) is 29.6 Å². The largest absolute Gasteiger partial charge is 0.335 e. The molecule has 1 aliphatic carbocycles. The van der Waals surface area contributed by atoms with Crippen molar-refractivity contribution in [3.63, 3.8) is 0 Å². The molecule has 0 spiro atoms. The van der Waals surface area contributed by atoms with Gasteiger partial charge >= 0.3 is 0 Å². The molecule has 3 fully saturated rings. The topological polar surface area (TPSA) is 58.4 Å². The Balaban J connectivity index is 1.32. The Labute approximate surface area is 201 Å². The van der Waals surface area contributed by atoms with Crippen LogP contribution in [0.2, 0.25) is 0 Å². The minimum atomic E-state index is -0.0818. The normalized spacial score (nSPS) is 29.0. The molecule has 1 aromatic carbocycles. The SMILES string of the molecule is CC(C)n1nc(CC(=O)N2CCCC3=C[C@@H]4C[C@@H](CN5CCCC[C@H]45)[C@@H]32)c2ccccc2c1=O. The summed E-state index contributed by atoms with van der Waals surface area (Å²) in [6.07, 6.45) is 10.2. The first-order chi connectivity index (χ1) is 16.5. The summed E-state index contributed by atoms with van der Waals surface area (Å²) in [4.78, 5) is 31.6. The monoisotopic (exact) mass is 460 g/mol. The van der Waals surface area contributed by atoms with Crippen LogP contribution in [0.4, 0.5) is 0 Å². The van der Waals surface area contributed by atoms with E-state index in [9.17, 15) is 9.59 Å². The second kappa shape index (κ2) is 8.63. The molecule has 6 nitrogen and oxygen atoms in total. The van der Waals surface area contributed by atoms with Gasteiger partial charge < -0.3 is 4.90 Å². The maximum atomic E-state index is 13.8. The zero-order chi connectivity index (χ0) is 23.4. The third-order valence-corrected chi connectivity index (χ3v) is 8.69. The van der Waals surface area contributed by atoms with Crippen LogP contribution >= 0.6 is 0 Å². The quantitative estimate of drug-likeness (QED) is 0.651. The van der Waals surface area contributed by atoms with Crippen molar-refractivity contribution in [1.82, 2.24) is 19.6 Å². The summed E-state index contributed by atoms with van der Waals surface area (Å²) in [6.45, 7) is 7.10. The van der Waals surface area contributed by atoms with Crippen LogP contribution in [0.1, 0.15) is 64.1 Å². The number of likely N-dealkylation sites (tertiary alicyclic amines) is 1. The number of carbonyl (C=O) groups is 1. The van der Waals surface area contributed by atoms with Crippen LogP contribution < -0.4 is 5.56 Å². The lowest BCUT2D eigenvalue weighted by Gasteiger charge is -2.54. The first-order valence-corrected chi connectivity index (χ1v) is 13.3. The molecule has 4 heterocycles. The molecular weight excluding hydrogens is 424 g/mol. The predicted molar refractivity (Wildman–Crippen MR) is 134 cm³/mol. The standard InChI is InChI=1S/C28H36N4O2/c1-18(2)32-28(34)23-10-4-3-9-22(23)24(29-32)16-26(33)31-13-7-8-19-14-20-15-21(27(19)31)17-30-12-6-5-11-25(20)30/h3-4,9-10,14,18,20-21,25,27H,5-8,11-13,15-17H2,1-2H3/t20-,21+,25-,27-/m1/s1. The molecule has 0 unspecified atom stereocenters. The Bertz CT molecular complexity index is 1200. The number of hydrogen-bond donors (Lipinski definition) is 0. The van der Waals surface area contributed by atoms with Crippen LogP contribution in [0.15, 0.2) is 40.7 Å². The molecule has 180 valence electrons. The average molecular weight is 461 g/mol. The summed E-state index contributed by atoms with van der Waals surface area (Å²) in [7, 11) is 0. The highest BCUT2D eigenvalue weighted by Crippen LogP contribution is 2.45. The van der Waals surface area contributed by atoms with Crippen LogP contribution in [0.25, 0.3) is 10.8 Å². The maximum absolute atomic E-state index is 13.8. The molecule has 3 saturated heterocycles. The van der Waals surface area contributed by atoms with E-state index in [1.807, 2.05) is 38.1 Å². The lowest BCUT2D eigenvalue weighted by molar-refractivity contribution is -0.135. The molecule has 1 aromatic heterocycles. The third kappa shape index (κ3) is 3.62. The second-order valence-corrected chi connectivity index (χ2v) is 11.1. The predicted octanol–water partition coefficient (Wildman–Crippen LogP) is 3.94. The summed E-state index contributed by atoms with van der Waals surface area (Å²) in [5.41, 5.74) is 2.15. The lowest BCUT2D eigenvalue weighted by Crippen LogP contribution is -2.60. The maximum Gasteiger partial charge on any atom is 0.274 e. The molecular formula is C28H36N4O2. The minimum Gasteiger partial charge on any atom is -0.335 e. The highest BCUT2D eigenvalue weighted by Gasteiger charge is 2.46. The van der Waals surface area contributed by atoms with E-state index in [0.717, 1.165) is 43.1 Å². The number of amides is 1. The fraction of sp³-hybridized carbons (Fsp3) is 0.607. The average Bonchev–Trinajstić information content (AvgIpc) is 2.85. The first-order valence-electron chi connectivity index (χ1n) is 13.3. The molecule has 2 aromatic rings. The Kier molecular flexibility index (Phi) is 5.59. The van der Waals surface area contributed by atoms with Crippen molar-refractivity contribution in [2.45, 2.75) is 76.9 Å². The van der Waals surface area contributed by atoms with Crippen molar-refractivity contribution in [3.05, 3.63) is 52.0 Å². The van der Waals surface area contributed by atoms with Crippen LogP contribution in [-0.4, -0.2) is 57.2 Å². The van der Waals surface area contributed by atoms with Gasteiger partial charge in [-0.25, -0.2) is 4.68 Å².